The lowest BCUT2D eigenvalue weighted by Crippen LogP contribution is -2.50. The number of methoxy groups -OCH3 is 1. The molecular weight excluding hydrogens is 742 g/mol. The van der Waals surface area contributed by atoms with E-state index in [2.05, 4.69) is 17.0 Å². The number of anilines is 1. The first-order valence-electron chi connectivity index (χ1n) is 19.8. The van der Waals surface area contributed by atoms with Gasteiger partial charge >= 0.3 is 7.82 Å². The van der Waals surface area contributed by atoms with Gasteiger partial charge in [-0.2, -0.15) is 15.6 Å². The number of hydrogen-bond donors (Lipinski definition) is 4. The van der Waals surface area contributed by atoms with E-state index in [1.807, 2.05) is 6.07 Å². The number of nitrogens with zero attached hydrogens (tertiary/aromatic N) is 5. The van der Waals surface area contributed by atoms with Gasteiger partial charge in [0.2, 0.25) is 5.60 Å². The third-order valence-electron chi connectivity index (χ3n) is 9.96. The second-order valence-corrected chi connectivity index (χ2v) is 15.8. The molecule has 0 radical (unpaired) electrons. The topological polar surface area (TPSA) is 218 Å². The summed E-state index contributed by atoms with van der Waals surface area (Å²) in [5, 5.41) is 45.4. The maximum Gasteiger partial charge on any atom is 0.472 e. The number of rotatable bonds is 30. The fraction of sp³-hybridized carbons (Fsp3) is 0.650. The third kappa shape index (κ3) is 15.4. The molecule has 0 aliphatic carbocycles. The van der Waals surface area contributed by atoms with Crippen LogP contribution in [0.15, 0.2) is 36.7 Å². The summed E-state index contributed by atoms with van der Waals surface area (Å²) in [6.45, 7) is 0.818. The lowest BCUT2D eigenvalue weighted by Gasteiger charge is -2.33. The molecule has 5 atom stereocenters. The summed E-state index contributed by atoms with van der Waals surface area (Å²) >= 11 is 0. The van der Waals surface area contributed by atoms with Gasteiger partial charge in [-0.25, -0.2) is 18.5 Å². The van der Waals surface area contributed by atoms with Gasteiger partial charge in [0, 0.05) is 7.11 Å². The van der Waals surface area contributed by atoms with E-state index in [0.29, 0.717) is 17.5 Å². The van der Waals surface area contributed by atoms with Crippen LogP contribution in [0.5, 0.6) is 0 Å². The largest absolute Gasteiger partial charge is 0.472 e. The number of fused-ring (bicyclic) bond motifs is 1. The van der Waals surface area contributed by atoms with Crippen LogP contribution >= 0.6 is 7.82 Å². The zero-order valence-electron chi connectivity index (χ0n) is 32.9. The van der Waals surface area contributed by atoms with Crippen LogP contribution in [0, 0.1) is 28.5 Å². The van der Waals surface area contributed by atoms with Gasteiger partial charge in [0.15, 0.2) is 5.82 Å². The molecule has 310 valence electrons. The molecule has 14 nitrogen and oxygen atoms in total. The Morgan fingerprint density at radius 2 is 1.54 bits per heavy atom. The van der Waals surface area contributed by atoms with Crippen LogP contribution in [0.4, 0.5) is 10.2 Å². The van der Waals surface area contributed by atoms with Crippen molar-refractivity contribution in [1.82, 2.24) is 14.6 Å². The van der Waals surface area contributed by atoms with E-state index in [0.717, 1.165) is 45.2 Å². The number of halogens is 1. The number of benzene rings is 1. The molecule has 0 aliphatic heterocycles. The lowest BCUT2D eigenvalue weighted by molar-refractivity contribution is -0.134. The van der Waals surface area contributed by atoms with Crippen molar-refractivity contribution in [3.8, 4) is 12.1 Å². The maximum atomic E-state index is 14.1. The maximum absolute atomic E-state index is 14.1. The van der Waals surface area contributed by atoms with E-state index in [4.69, 9.17) is 24.3 Å². The number of phosphoric acid groups is 1. The van der Waals surface area contributed by atoms with Gasteiger partial charge in [-0.05, 0) is 42.3 Å². The Balaban J connectivity index is 1.50. The van der Waals surface area contributed by atoms with Crippen molar-refractivity contribution in [2.75, 3.05) is 26.1 Å². The van der Waals surface area contributed by atoms with Gasteiger partial charge in [0.1, 0.15) is 42.5 Å². The normalized spacial score (nSPS) is 15.4. The number of aliphatic hydroxyl groups is 2. The zero-order valence-corrected chi connectivity index (χ0v) is 33.8. The smallest absolute Gasteiger partial charge is 0.386 e. The molecule has 0 bridgehead atoms. The molecule has 5 N–H and O–H groups in total. The summed E-state index contributed by atoms with van der Waals surface area (Å²) in [6, 6.07) is 10.5. The molecule has 56 heavy (non-hydrogen) atoms. The molecule has 0 fully saturated rings. The van der Waals surface area contributed by atoms with Crippen LogP contribution in [0.2, 0.25) is 0 Å². The van der Waals surface area contributed by atoms with Crippen molar-refractivity contribution in [2.45, 2.75) is 147 Å². The van der Waals surface area contributed by atoms with Gasteiger partial charge < -0.3 is 30.3 Å². The number of aromatic nitrogens is 3. The molecule has 0 aliphatic rings. The Bertz CT molecular complexity index is 1730. The van der Waals surface area contributed by atoms with Crippen LogP contribution in [0.25, 0.3) is 5.52 Å². The number of nitriles is 2. The van der Waals surface area contributed by atoms with Crippen LogP contribution in [0.3, 0.4) is 0 Å². The lowest BCUT2D eigenvalue weighted by atomic mass is 9.93. The highest BCUT2D eigenvalue weighted by Gasteiger charge is 2.46. The zero-order chi connectivity index (χ0) is 40.8. The van der Waals surface area contributed by atoms with Gasteiger partial charge in [-0.1, -0.05) is 110 Å². The molecule has 0 spiro atoms. The second kappa shape index (κ2) is 25.0. The number of nitrogens with two attached hydrogens (primary N) is 1. The Labute approximate surface area is 330 Å². The van der Waals surface area contributed by atoms with Gasteiger partial charge in [0.05, 0.1) is 36.6 Å². The molecule has 2 unspecified atom stereocenters. The first-order chi connectivity index (χ1) is 27.0. The number of phosphoric ester groups is 1. The summed E-state index contributed by atoms with van der Waals surface area (Å²) < 4.78 is 50.1. The minimum Gasteiger partial charge on any atom is -0.386 e. The molecule has 0 saturated heterocycles. The number of nitrogen functional groups attached to an aromatic ring is 1. The summed E-state index contributed by atoms with van der Waals surface area (Å²) in [5.74, 6) is -0.469. The summed E-state index contributed by atoms with van der Waals surface area (Å²) in [5.41, 5.74) is 4.49. The van der Waals surface area contributed by atoms with Crippen LogP contribution < -0.4 is 5.73 Å². The van der Waals surface area contributed by atoms with Crippen molar-refractivity contribution in [3.05, 3.63) is 59.3 Å². The Kier molecular flexibility index (Phi) is 20.9. The predicted octanol–water partition coefficient (Wildman–Crippen LogP) is 8.00. The van der Waals surface area contributed by atoms with Crippen LogP contribution in [0.1, 0.15) is 139 Å². The van der Waals surface area contributed by atoms with E-state index >= 15 is 0 Å². The number of hydrogen-bond acceptors (Lipinski definition) is 12. The monoisotopic (exact) mass is 802 g/mol. The number of ether oxygens (including phenoxy) is 2. The first-order valence-corrected chi connectivity index (χ1v) is 21.3. The van der Waals surface area contributed by atoms with E-state index in [1.165, 1.54) is 106 Å². The van der Waals surface area contributed by atoms with Crippen molar-refractivity contribution in [3.63, 3.8) is 0 Å². The Morgan fingerprint density at radius 1 is 0.929 bits per heavy atom. The predicted molar refractivity (Wildman–Crippen MR) is 209 cm³/mol. The van der Waals surface area contributed by atoms with Gasteiger partial charge in [-0.15, -0.1) is 0 Å². The van der Waals surface area contributed by atoms with Crippen molar-refractivity contribution >= 4 is 19.2 Å². The fourth-order valence-electron chi connectivity index (χ4n) is 6.56. The second-order valence-electron chi connectivity index (χ2n) is 14.3. The molecule has 0 saturated carbocycles. The molecule has 1 aromatic carbocycles. The van der Waals surface area contributed by atoms with Gasteiger partial charge in [-0.3, -0.25) is 9.05 Å². The molecule has 2 aromatic heterocycles. The van der Waals surface area contributed by atoms with Gasteiger partial charge in [0.25, 0.3) is 0 Å². The highest BCUT2D eigenvalue weighted by atomic mass is 31.2. The number of aliphatic hydroxyl groups excluding tert-OH is 2. The molecule has 0 amide bonds. The number of unbranched alkanes of at least 4 members (excludes halogenated alkanes) is 15. The highest BCUT2D eigenvalue weighted by Crippen LogP contribution is 2.45. The van der Waals surface area contributed by atoms with E-state index < -0.39 is 44.2 Å². The average Bonchev–Trinajstić information content (AvgIpc) is 3.64. The molecule has 3 rings (SSSR count). The fourth-order valence-corrected chi connectivity index (χ4v) is 7.35. The summed E-state index contributed by atoms with van der Waals surface area (Å²) in [4.78, 5) is 14.5. The van der Waals surface area contributed by atoms with Crippen LogP contribution in [-0.4, -0.2) is 67.8 Å². The van der Waals surface area contributed by atoms with E-state index in [-0.39, 0.29) is 30.3 Å². The van der Waals surface area contributed by atoms with E-state index in [1.54, 1.807) is 6.07 Å². The van der Waals surface area contributed by atoms with Crippen molar-refractivity contribution < 1.29 is 42.6 Å². The minimum atomic E-state index is -4.89. The molecular formula is C40H60FN6O8P. The van der Waals surface area contributed by atoms with Crippen molar-refractivity contribution in [2.24, 2.45) is 0 Å². The summed E-state index contributed by atoms with van der Waals surface area (Å²) in [6.07, 6.45) is 16.6. The molecule has 2 heterocycles. The third-order valence-corrected chi connectivity index (χ3v) is 10.9. The minimum absolute atomic E-state index is 0.0518. The average molecular weight is 803 g/mol. The molecule has 16 heteroatoms. The Hall–Kier alpha value is -3.50. The SMILES string of the molecule is CCCCCCCCCCCCCCCCCC[C@H](COP(=O)(O)OCC(C#N)(OC)[C@@H](O)[C@@H](O)c1ccc2c(N)ncnn12)OCc1cc(F)cc(C#N)c1. The molecule has 3 aromatic rings. The summed E-state index contributed by atoms with van der Waals surface area (Å²) in [7, 11) is -3.81. The standard InChI is InChI=1S/C40H60FN6O8P/c1-3-4-5-6-7-8-9-10-11-12-13-14-15-16-17-18-19-34(53-26-32-22-31(25-42)23-33(41)24-32)27-54-56(50,51)55-29-40(28-43,52-2)38(49)37(48)35-20-21-36-39(44)45-30-46-47(35)36/h20-24,30,34,37-38,48-49H,3-19,26-27,29H2,1-2H3,(H,50,51)(H2,44,45,46)/t34-,37+,38+,40?/m1/s1. The Morgan fingerprint density at radius 3 is 2.11 bits per heavy atom. The highest BCUT2D eigenvalue weighted by molar-refractivity contribution is 7.47. The first kappa shape index (κ1) is 46.9. The van der Waals surface area contributed by atoms with Crippen molar-refractivity contribution in [1.29, 1.82) is 10.5 Å². The van der Waals surface area contributed by atoms with E-state index in [9.17, 15) is 34.6 Å². The van der Waals surface area contributed by atoms with Crippen LogP contribution in [-0.2, 0) is 29.7 Å². The quantitative estimate of drug-likeness (QED) is 0.0371.